The maximum absolute atomic E-state index is 3.56. The fourth-order valence-corrected chi connectivity index (χ4v) is 2.24. The van der Waals surface area contributed by atoms with Gasteiger partial charge in [0.1, 0.15) is 0 Å². The molecule has 2 rings (SSSR count). The third-order valence-electron chi connectivity index (χ3n) is 3.18. The van der Waals surface area contributed by atoms with E-state index in [0.717, 1.165) is 13.1 Å². The molecule has 0 bridgehead atoms. The molecule has 0 fully saturated rings. The first-order chi connectivity index (χ1) is 8.51. The van der Waals surface area contributed by atoms with Crippen molar-refractivity contribution in [3.63, 3.8) is 0 Å². The van der Waals surface area contributed by atoms with E-state index < -0.39 is 0 Å². The number of rotatable bonds is 4. The third-order valence-corrected chi connectivity index (χ3v) is 3.18. The van der Waals surface area contributed by atoms with Crippen LogP contribution < -0.4 is 5.32 Å². The molecule has 98 valence electrons. The predicted molar refractivity (Wildman–Crippen MR) is 78.8 cm³/mol. The van der Waals surface area contributed by atoms with Gasteiger partial charge in [-0.2, -0.15) is 0 Å². The van der Waals surface area contributed by atoms with E-state index in [1.807, 2.05) is 0 Å². The highest BCUT2D eigenvalue weighted by molar-refractivity contribution is 5.83. The minimum Gasteiger partial charge on any atom is -0.347 e. The van der Waals surface area contributed by atoms with Crippen molar-refractivity contribution in [3.05, 3.63) is 36.0 Å². The van der Waals surface area contributed by atoms with Gasteiger partial charge in [-0.25, -0.2) is 0 Å². The second-order valence-corrected chi connectivity index (χ2v) is 5.96. The van der Waals surface area contributed by atoms with Gasteiger partial charge in [0.25, 0.3) is 0 Å². The van der Waals surface area contributed by atoms with E-state index in [9.17, 15) is 0 Å². The van der Waals surface area contributed by atoms with Crippen molar-refractivity contribution < 1.29 is 0 Å². The molecule has 0 aliphatic carbocycles. The van der Waals surface area contributed by atoms with Gasteiger partial charge in [-0.15, -0.1) is 0 Å². The minimum absolute atomic E-state index is 0.161. The van der Waals surface area contributed by atoms with E-state index in [4.69, 9.17) is 0 Å². The summed E-state index contributed by atoms with van der Waals surface area (Å²) in [5.74, 6) is 0. The highest BCUT2D eigenvalue weighted by atomic mass is 15.0. The molecule has 0 atom stereocenters. The number of benzene rings is 1. The van der Waals surface area contributed by atoms with Crippen molar-refractivity contribution in [1.82, 2.24) is 9.88 Å². The van der Waals surface area contributed by atoms with Gasteiger partial charge in [0.05, 0.1) is 0 Å². The molecule has 18 heavy (non-hydrogen) atoms. The van der Waals surface area contributed by atoms with Crippen LogP contribution in [0.1, 0.15) is 39.7 Å². The van der Waals surface area contributed by atoms with Gasteiger partial charge >= 0.3 is 0 Å². The zero-order chi connectivity index (χ0) is 13.2. The van der Waals surface area contributed by atoms with Crippen LogP contribution in [0.15, 0.2) is 30.5 Å². The lowest BCUT2D eigenvalue weighted by molar-refractivity contribution is 0.425. The molecule has 1 aromatic carbocycles. The average Bonchev–Trinajstić information content (AvgIpc) is 2.70. The Morgan fingerprint density at radius 1 is 1.17 bits per heavy atom. The Morgan fingerprint density at radius 2 is 1.94 bits per heavy atom. The van der Waals surface area contributed by atoms with Crippen molar-refractivity contribution in [2.45, 2.75) is 52.7 Å². The molecule has 2 aromatic rings. The van der Waals surface area contributed by atoms with Crippen molar-refractivity contribution in [2.24, 2.45) is 0 Å². The molecule has 1 heterocycles. The molecule has 0 unspecified atom stereocenters. The number of hydrogen-bond donors (Lipinski definition) is 1. The Hall–Kier alpha value is -1.28. The lowest BCUT2D eigenvalue weighted by Gasteiger charge is -2.21. The Bertz CT molecular complexity index is 517. The zero-order valence-corrected chi connectivity index (χ0v) is 12.0. The van der Waals surface area contributed by atoms with Crippen LogP contribution in [0, 0.1) is 0 Å². The predicted octanol–water partition coefficient (Wildman–Crippen LogP) is 3.94. The Balaban J connectivity index is 2.29. The van der Waals surface area contributed by atoms with Crippen LogP contribution in [-0.2, 0) is 13.1 Å². The monoisotopic (exact) mass is 244 g/mol. The molecule has 0 radical (unpaired) electrons. The maximum atomic E-state index is 3.56. The molecule has 0 amide bonds. The summed E-state index contributed by atoms with van der Waals surface area (Å²) in [5.41, 5.74) is 2.90. The number of aryl methyl sites for hydroxylation is 1. The zero-order valence-electron chi connectivity index (χ0n) is 12.0. The Kier molecular flexibility index (Phi) is 3.76. The highest BCUT2D eigenvalue weighted by Crippen LogP contribution is 2.21. The molecule has 0 aliphatic heterocycles. The molecule has 2 heteroatoms. The van der Waals surface area contributed by atoms with E-state index in [0.29, 0.717) is 0 Å². The molecule has 0 saturated carbocycles. The van der Waals surface area contributed by atoms with E-state index in [2.05, 4.69) is 68.0 Å². The first-order valence-electron chi connectivity index (χ1n) is 6.83. The first-order valence-corrected chi connectivity index (χ1v) is 6.83. The SMILES string of the molecule is CCCn1ccc2c(CNC(C)(C)C)cccc21. The van der Waals surface area contributed by atoms with Crippen molar-refractivity contribution in [3.8, 4) is 0 Å². The first kappa shape index (κ1) is 13.2. The van der Waals surface area contributed by atoms with E-state index in [1.54, 1.807) is 0 Å². The number of fused-ring (bicyclic) bond motifs is 1. The number of hydrogen-bond acceptors (Lipinski definition) is 1. The lowest BCUT2D eigenvalue weighted by Crippen LogP contribution is -2.35. The summed E-state index contributed by atoms with van der Waals surface area (Å²) in [6, 6.07) is 8.84. The average molecular weight is 244 g/mol. The fourth-order valence-electron chi connectivity index (χ4n) is 2.24. The molecule has 0 spiro atoms. The third kappa shape index (κ3) is 2.94. The standard InChI is InChI=1S/C16H24N2/c1-5-10-18-11-9-14-13(7-6-8-15(14)18)12-17-16(2,3)4/h6-9,11,17H,5,10,12H2,1-4H3. The smallest absolute Gasteiger partial charge is 0.0483 e. The Morgan fingerprint density at radius 3 is 2.61 bits per heavy atom. The minimum atomic E-state index is 0.161. The summed E-state index contributed by atoms with van der Waals surface area (Å²) >= 11 is 0. The summed E-state index contributed by atoms with van der Waals surface area (Å²) in [7, 11) is 0. The van der Waals surface area contributed by atoms with Crippen molar-refractivity contribution in [1.29, 1.82) is 0 Å². The highest BCUT2D eigenvalue weighted by Gasteiger charge is 2.10. The quantitative estimate of drug-likeness (QED) is 0.862. The molecule has 1 aromatic heterocycles. The summed E-state index contributed by atoms with van der Waals surface area (Å²) < 4.78 is 2.34. The van der Waals surface area contributed by atoms with Crippen LogP contribution in [0.2, 0.25) is 0 Å². The van der Waals surface area contributed by atoms with Crippen molar-refractivity contribution in [2.75, 3.05) is 0 Å². The van der Waals surface area contributed by atoms with Crippen LogP contribution >= 0.6 is 0 Å². The number of nitrogens with zero attached hydrogens (tertiary/aromatic N) is 1. The molecule has 1 N–H and O–H groups in total. The van der Waals surface area contributed by atoms with Crippen LogP contribution in [0.25, 0.3) is 10.9 Å². The normalized spacial score (nSPS) is 12.2. The molecule has 2 nitrogen and oxygen atoms in total. The van der Waals surface area contributed by atoms with Crippen LogP contribution in [0.4, 0.5) is 0 Å². The topological polar surface area (TPSA) is 17.0 Å². The van der Waals surface area contributed by atoms with Gasteiger partial charge in [0.2, 0.25) is 0 Å². The summed E-state index contributed by atoms with van der Waals surface area (Å²) in [6.45, 7) is 10.9. The Labute approximate surface area is 110 Å². The van der Waals surface area contributed by atoms with Gasteiger partial charge < -0.3 is 9.88 Å². The van der Waals surface area contributed by atoms with Crippen molar-refractivity contribution >= 4 is 10.9 Å². The van der Waals surface area contributed by atoms with Crippen LogP contribution in [-0.4, -0.2) is 10.1 Å². The molecule has 0 saturated heterocycles. The number of aromatic nitrogens is 1. The molecular weight excluding hydrogens is 220 g/mol. The summed E-state index contributed by atoms with van der Waals surface area (Å²) in [6.07, 6.45) is 3.38. The van der Waals surface area contributed by atoms with E-state index in [-0.39, 0.29) is 5.54 Å². The fraction of sp³-hybridized carbons (Fsp3) is 0.500. The summed E-state index contributed by atoms with van der Waals surface area (Å²) in [4.78, 5) is 0. The second-order valence-electron chi connectivity index (χ2n) is 5.96. The van der Waals surface area contributed by atoms with Gasteiger partial charge in [-0.05, 0) is 44.9 Å². The van der Waals surface area contributed by atoms with Gasteiger partial charge in [-0.1, -0.05) is 19.1 Å². The van der Waals surface area contributed by atoms with Crippen LogP contribution in [0.5, 0.6) is 0 Å². The lowest BCUT2D eigenvalue weighted by atomic mass is 10.1. The van der Waals surface area contributed by atoms with Gasteiger partial charge in [0.15, 0.2) is 0 Å². The molecular formula is C16H24N2. The van der Waals surface area contributed by atoms with Crippen LogP contribution in [0.3, 0.4) is 0 Å². The van der Waals surface area contributed by atoms with E-state index in [1.165, 1.54) is 22.9 Å². The molecule has 0 aliphatic rings. The number of nitrogens with one attached hydrogen (secondary N) is 1. The van der Waals surface area contributed by atoms with Gasteiger partial charge in [0, 0.05) is 35.7 Å². The maximum Gasteiger partial charge on any atom is 0.0483 e. The summed E-state index contributed by atoms with van der Waals surface area (Å²) in [5, 5.41) is 4.94. The second kappa shape index (κ2) is 5.15. The van der Waals surface area contributed by atoms with Gasteiger partial charge in [-0.3, -0.25) is 0 Å². The van der Waals surface area contributed by atoms with E-state index >= 15 is 0 Å². The largest absolute Gasteiger partial charge is 0.347 e.